The Hall–Kier alpha value is -4.65. The van der Waals surface area contributed by atoms with Crippen LogP contribution in [0.1, 0.15) is 11.4 Å². The van der Waals surface area contributed by atoms with Crippen LogP contribution >= 0.6 is 12.2 Å². The third kappa shape index (κ3) is 6.97. The Bertz CT molecular complexity index is 1450. The number of benzene rings is 2. The highest BCUT2D eigenvalue weighted by molar-refractivity contribution is 7.80. The van der Waals surface area contributed by atoms with Crippen molar-refractivity contribution in [1.29, 1.82) is 0 Å². The molecule has 0 saturated carbocycles. The summed E-state index contributed by atoms with van der Waals surface area (Å²) < 4.78 is 22.4. The molecule has 1 unspecified atom stereocenters. The molecule has 5 rings (SSSR count). The number of anilines is 2. The first-order valence-corrected chi connectivity index (χ1v) is 13.9. The maximum absolute atomic E-state index is 13.3. The number of guanidine groups is 1. The Morgan fingerprint density at radius 2 is 1.55 bits per heavy atom. The number of nitrogens with zero attached hydrogens (tertiary/aromatic N) is 5. The summed E-state index contributed by atoms with van der Waals surface area (Å²) in [5, 5.41) is 6.58. The lowest BCUT2D eigenvalue weighted by atomic mass is 10.2. The fraction of sp³-hybridized carbons (Fsp3) is 0.345. The van der Waals surface area contributed by atoms with Crippen molar-refractivity contribution >= 4 is 40.8 Å². The van der Waals surface area contributed by atoms with E-state index in [1.54, 1.807) is 43.4 Å². The van der Waals surface area contributed by atoms with Gasteiger partial charge in [-0.25, -0.2) is 9.97 Å². The molecule has 3 heterocycles. The molecule has 1 atom stereocenters. The van der Waals surface area contributed by atoms with Gasteiger partial charge in [0, 0.05) is 61.5 Å². The van der Waals surface area contributed by atoms with Crippen molar-refractivity contribution in [3.05, 3.63) is 59.9 Å². The van der Waals surface area contributed by atoms with Crippen LogP contribution in [0.3, 0.4) is 0 Å². The van der Waals surface area contributed by atoms with Gasteiger partial charge in [-0.05, 0) is 44.3 Å². The number of aryl methyl sites for hydroxylation is 2. The van der Waals surface area contributed by atoms with Gasteiger partial charge >= 0.3 is 0 Å². The van der Waals surface area contributed by atoms with Crippen molar-refractivity contribution in [3.63, 3.8) is 0 Å². The quantitative estimate of drug-likeness (QED) is 0.258. The number of aliphatic imine (C=N–C) groups is 1. The number of carbonyl (C=O) groups is 1. The summed E-state index contributed by atoms with van der Waals surface area (Å²) in [6, 6.07) is 14.6. The van der Waals surface area contributed by atoms with Crippen molar-refractivity contribution in [1.82, 2.24) is 19.8 Å². The van der Waals surface area contributed by atoms with Crippen LogP contribution in [0, 0.1) is 13.8 Å². The minimum Gasteiger partial charge on any atom is -0.497 e. The van der Waals surface area contributed by atoms with E-state index in [4.69, 9.17) is 31.2 Å². The second kappa shape index (κ2) is 12.9. The Labute approximate surface area is 249 Å². The second-order valence-electron chi connectivity index (χ2n) is 9.74. The first-order valence-electron chi connectivity index (χ1n) is 13.5. The smallest absolute Gasteiger partial charge is 0.267 e. The summed E-state index contributed by atoms with van der Waals surface area (Å²) in [7, 11) is 3.16. The third-order valence-corrected chi connectivity index (χ3v) is 6.88. The van der Waals surface area contributed by atoms with Gasteiger partial charge in [0.2, 0.25) is 23.1 Å². The minimum atomic E-state index is -0.696. The molecule has 2 aliphatic rings. The molecule has 12 nitrogen and oxygen atoms in total. The fourth-order valence-corrected chi connectivity index (χ4v) is 4.87. The molecule has 0 bridgehead atoms. The van der Waals surface area contributed by atoms with E-state index in [-0.39, 0.29) is 17.6 Å². The summed E-state index contributed by atoms with van der Waals surface area (Å²) >= 11 is 5.61. The molecule has 2 aliphatic heterocycles. The highest BCUT2D eigenvalue weighted by atomic mass is 32.1. The molecule has 1 aromatic heterocycles. The molecule has 2 N–H and O–H groups in total. The van der Waals surface area contributed by atoms with Gasteiger partial charge in [0.1, 0.15) is 18.1 Å². The molecule has 0 aliphatic carbocycles. The Kier molecular flexibility index (Phi) is 8.86. The van der Waals surface area contributed by atoms with Crippen LogP contribution in [0.25, 0.3) is 0 Å². The summed E-state index contributed by atoms with van der Waals surface area (Å²) in [5.74, 6) is 3.20. The molecule has 1 saturated heterocycles. The molecule has 13 heteroatoms. The van der Waals surface area contributed by atoms with Crippen molar-refractivity contribution < 1.29 is 23.7 Å². The Morgan fingerprint density at radius 1 is 0.929 bits per heavy atom. The van der Waals surface area contributed by atoms with Crippen molar-refractivity contribution in [2.45, 2.75) is 20.0 Å². The number of nitrogens with one attached hydrogen (secondary N) is 2. The number of ether oxygens (including phenoxy) is 4. The van der Waals surface area contributed by atoms with E-state index in [1.807, 2.05) is 43.0 Å². The van der Waals surface area contributed by atoms with Crippen LogP contribution in [0.15, 0.2) is 53.5 Å². The van der Waals surface area contributed by atoms with Gasteiger partial charge in [-0.15, -0.1) is 0 Å². The highest BCUT2D eigenvalue weighted by Crippen LogP contribution is 2.31. The average Bonchev–Trinajstić information content (AvgIpc) is 2.99. The molecule has 3 aromatic rings. The molecule has 220 valence electrons. The number of piperazine rings is 1. The van der Waals surface area contributed by atoms with E-state index in [0.29, 0.717) is 66.8 Å². The lowest BCUT2D eigenvalue weighted by Gasteiger charge is -2.38. The monoisotopic (exact) mass is 591 g/mol. The number of carbonyl (C=O) groups excluding carboxylic acids is 1. The van der Waals surface area contributed by atoms with Crippen LogP contribution in [-0.2, 0) is 4.79 Å². The zero-order valence-electron chi connectivity index (χ0n) is 23.9. The lowest BCUT2D eigenvalue weighted by Crippen LogP contribution is -2.56. The summed E-state index contributed by atoms with van der Waals surface area (Å²) in [6.45, 7) is 5.90. The second-order valence-corrected chi connectivity index (χ2v) is 10.1. The van der Waals surface area contributed by atoms with Crippen LogP contribution in [-0.4, -0.2) is 89.9 Å². The van der Waals surface area contributed by atoms with Gasteiger partial charge in [0.15, 0.2) is 11.5 Å². The van der Waals surface area contributed by atoms with Gasteiger partial charge in [0.25, 0.3) is 5.91 Å². The molecular weight excluding hydrogens is 558 g/mol. The molecule has 1 amide bonds. The van der Waals surface area contributed by atoms with Crippen LogP contribution in [0.4, 0.5) is 11.6 Å². The summed E-state index contributed by atoms with van der Waals surface area (Å²) in [4.78, 5) is 30.8. The Balaban J connectivity index is 1.30. The van der Waals surface area contributed by atoms with Gasteiger partial charge in [-0.1, -0.05) is 12.1 Å². The van der Waals surface area contributed by atoms with E-state index >= 15 is 0 Å². The molecule has 0 spiro atoms. The molecule has 42 heavy (non-hydrogen) atoms. The summed E-state index contributed by atoms with van der Waals surface area (Å²) in [6.07, 6.45) is -0.696. The normalized spacial score (nSPS) is 16.5. The van der Waals surface area contributed by atoms with Crippen molar-refractivity contribution in [3.8, 4) is 23.0 Å². The van der Waals surface area contributed by atoms with E-state index < -0.39 is 6.10 Å². The molecule has 2 aromatic carbocycles. The SMILES string of the molecule is COc1cc(NC(=S)/N=C(/Nc2nc(C)cc(C)n2)N2CCN(C(=O)C3COc4ccccc4O3)CC2)cc(OC)c1. The van der Waals surface area contributed by atoms with E-state index in [0.717, 1.165) is 11.4 Å². The zero-order valence-corrected chi connectivity index (χ0v) is 24.7. The van der Waals surface area contributed by atoms with Crippen LogP contribution in [0.2, 0.25) is 0 Å². The number of rotatable bonds is 5. The average molecular weight is 592 g/mol. The van der Waals surface area contributed by atoms with Gasteiger partial charge in [-0.3, -0.25) is 10.1 Å². The maximum atomic E-state index is 13.3. The topological polar surface area (TPSA) is 123 Å². The minimum absolute atomic E-state index is 0.114. The molecule has 1 fully saturated rings. The third-order valence-electron chi connectivity index (χ3n) is 6.69. The van der Waals surface area contributed by atoms with Crippen molar-refractivity contribution in [2.75, 3.05) is 57.6 Å². The number of amides is 1. The Morgan fingerprint density at radius 3 is 2.19 bits per heavy atom. The highest BCUT2D eigenvalue weighted by Gasteiger charge is 2.33. The number of hydrogen-bond acceptors (Lipinski definition) is 8. The van der Waals surface area contributed by atoms with E-state index in [1.165, 1.54) is 0 Å². The molecular formula is C29H33N7O5S. The van der Waals surface area contributed by atoms with Crippen LogP contribution < -0.4 is 29.6 Å². The first kappa shape index (κ1) is 28.9. The lowest BCUT2D eigenvalue weighted by molar-refractivity contribution is -0.142. The largest absolute Gasteiger partial charge is 0.497 e. The van der Waals surface area contributed by atoms with Crippen molar-refractivity contribution in [2.24, 2.45) is 4.99 Å². The standard InChI is InChI=1S/C29H33N7O5S/c1-18-13-19(2)31-27(30-18)33-28(34-29(42)32-20-14-21(38-3)16-22(15-20)39-4)36-11-9-35(10-12-36)26(37)25-17-40-23-7-5-6-8-24(23)41-25/h5-8,13-16,25H,9-12,17H2,1-4H3,(H2,30,31,32,33,34,42). The number of para-hydroxylation sites is 2. The van der Waals surface area contributed by atoms with Gasteiger partial charge < -0.3 is 34.1 Å². The summed E-state index contributed by atoms with van der Waals surface area (Å²) in [5.41, 5.74) is 2.30. The maximum Gasteiger partial charge on any atom is 0.267 e. The van der Waals surface area contributed by atoms with Gasteiger partial charge in [0.05, 0.1) is 14.2 Å². The number of thiocarbonyl (C=S) groups is 1. The number of methoxy groups -OCH3 is 2. The first-order chi connectivity index (χ1) is 20.3. The number of hydrogen-bond donors (Lipinski definition) is 2. The number of aromatic nitrogens is 2. The van der Waals surface area contributed by atoms with E-state index in [9.17, 15) is 4.79 Å². The zero-order chi connectivity index (χ0) is 29.6. The number of fused-ring (bicyclic) bond motifs is 1. The van der Waals surface area contributed by atoms with Crippen LogP contribution in [0.5, 0.6) is 23.0 Å². The predicted octanol–water partition coefficient (Wildman–Crippen LogP) is 3.26. The fourth-order valence-electron chi connectivity index (χ4n) is 4.67. The molecule has 0 radical (unpaired) electrons. The predicted molar refractivity (Wildman–Crippen MR) is 163 cm³/mol. The van der Waals surface area contributed by atoms with E-state index in [2.05, 4.69) is 25.6 Å². The van der Waals surface area contributed by atoms with Gasteiger partial charge in [-0.2, -0.15) is 4.99 Å².